The van der Waals surface area contributed by atoms with E-state index >= 15 is 0 Å². The van der Waals surface area contributed by atoms with Crippen molar-refractivity contribution in [1.29, 1.82) is 0 Å². The third kappa shape index (κ3) is 4.31. The van der Waals surface area contributed by atoms with Crippen LogP contribution in [0.25, 0.3) is 0 Å². The van der Waals surface area contributed by atoms with Gasteiger partial charge in [0.2, 0.25) is 5.91 Å². The van der Waals surface area contributed by atoms with E-state index in [1.54, 1.807) is 32.1 Å². The van der Waals surface area contributed by atoms with Gasteiger partial charge in [-0.2, -0.15) is 0 Å². The highest BCUT2D eigenvalue weighted by Crippen LogP contribution is 2.13. The largest absolute Gasteiger partial charge is 0.465 e. The third-order valence-corrected chi connectivity index (χ3v) is 2.80. The molecule has 1 aromatic rings. The Hall–Kier alpha value is -1.95. The molecule has 0 spiro atoms. The van der Waals surface area contributed by atoms with Gasteiger partial charge in [-0.1, -0.05) is 6.07 Å². The van der Waals surface area contributed by atoms with Crippen LogP contribution in [-0.4, -0.2) is 56.5 Å². The number of benzene rings is 1. The minimum Gasteiger partial charge on any atom is -0.465 e. The first-order valence-electron chi connectivity index (χ1n) is 6.10. The summed E-state index contributed by atoms with van der Waals surface area (Å²) in [5, 5.41) is 0. The molecular formula is C14H19FN2O3. The summed E-state index contributed by atoms with van der Waals surface area (Å²) in [6.07, 6.45) is 0. The summed E-state index contributed by atoms with van der Waals surface area (Å²) in [5.74, 6) is -1.36. The number of methoxy groups -OCH3 is 1. The first-order chi connectivity index (χ1) is 9.35. The standard InChI is InChI=1S/C14H19FN2O3/c1-16(2)13(18)9-17(3)8-10-5-6-11(12(15)7-10)14(19)20-4/h5-7H,8-9H2,1-4H3. The molecule has 1 rings (SSSR count). The number of rotatable bonds is 5. The van der Waals surface area contributed by atoms with Gasteiger partial charge in [-0.15, -0.1) is 0 Å². The van der Waals surface area contributed by atoms with Crippen LogP contribution in [0.5, 0.6) is 0 Å². The smallest absolute Gasteiger partial charge is 0.340 e. The number of hydrogen-bond acceptors (Lipinski definition) is 4. The molecule has 0 atom stereocenters. The Morgan fingerprint density at radius 2 is 1.90 bits per heavy atom. The molecular weight excluding hydrogens is 263 g/mol. The Morgan fingerprint density at radius 3 is 2.40 bits per heavy atom. The van der Waals surface area contributed by atoms with Crippen molar-refractivity contribution in [2.75, 3.05) is 34.8 Å². The number of carbonyl (C=O) groups is 2. The Bertz CT molecular complexity index is 503. The second kappa shape index (κ2) is 7.00. The molecule has 1 amide bonds. The summed E-state index contributed by atoms with van der Waals surface area (Å²) in [7, 11) is 6.34. The number of esters is 1. The molecule has 0 bridgehead atoms. The Balaban J connectivity index is 2.72. The van der Waals surface area contributed by atoms with E-state index in [0.717, 1.165) is 0 Å². The normalized spacial score (nSPS) is 10.5. The van der Waals surface area contributed by atoms with Crippen LogP contribution in [0.2, 0.25) is 0 Å². The zero-order valence-electron chi connectivity index (χ0n) is 12.1. The first kappa shape index (κ1) is 16.1. The van der Waals surface area contributed by atoms with Gasteiger partial charge in [0.1, 0.15) is 5.82 Å². The fourth-order valence-corrected chi connectivity index (χ4v) is 1.67. The summed E-state index contributed by atoms with van der Waals surface area (Å²) >= 11 is 0. The molecule has 0 radical (unpaired) electrons. The van der Waals surface area contributed by atoms with Crippen molar-refractivity contribution in [3.63, 3.8) is 0 Å². The van der Waals surface area contributed by atoms with Crippen molar-refractivity contribution in [3.05, 3.63) is 35.1 Å². The first-order valence-corrected chi connectivity index (χ1v) is 6.10. The van der Waals surface area contributed by atoms with E-state index in [4.69, 9.17) is 0 Å². The molecule has 0 unspecified atom stereocenters. The molecule has 110 valence electrons. The van der Waals surface area contributed by atoms with E-state index in [0.29, 0.717) is 12.1 Å². The van der Waals surface area contributed by atoms with Crippen LogP contribution < -0.4 is 0 Å². The highest BCUT2D eigenvalue weighted by Gasteiger charge is 2.14. The van der Waals surface area contributed by atoms with Gasteiger partial charge in [0, 0.05) is 20.6 Å². The van der Waals surface area contributed by atoms with E-state index < -0.39 is 11.8 Å². The molecule has 0 saturated heterocycles. The lowest BCUT2D eigenvalue weighted by Crippen LogP contribution is -2.34. The highest BCUT2D eigenvalue weighted by atomic mass is 19.1. The molecule has 0 aromatic heterocycles. The van der Waals surface area contributed by atoms with Gasteiger partial charge >= 0.3 is 5.97 Å². The van der Waals surface area contributed by atoms with E-state index in [1.807, 2.05) is 0 Å². The Morgan fingerprint density at radius 1 is 1.25 bits per heavy atom. The number of carbonyl (C=O) groups excluding carboxylic acids is 2. The maximum atomic E-state index is 13.7. The Kier molecular flexibility index (Phi) is 5.64. The molecule has 1 aromatic carbocycles. The predicted molar refractivity (Wildman–Crippen MR) is 72.8 cm³/mol. The number of amides is 1. The van der Waals surface area contributed by atoms with Gasteiger partial charge in [0.25, 0.3) is 0 Å². The lowest BCUT2D eigenvalue weighted by atomic mass is 10.1. The van der Waals surface area contributed by atoms with Crippen LogP contribution in [0.4, 0.5) is 4.39 Å². The van der Waals surface area contributed by atoms with Gasteiger partial charge in [-0.25, -0.2) is 9.18 Å². The van der Waals surface area contributed by atoms with Crippen LogP contribution >= 0.6 is 0 Å². The van der Waals surface area contributed by atoms with Gasteiger partial charge < -0.3 is 9.64 Å². The molecule has 0 aliphatic rings. The van der Waals surface area contributed by atoms with Crippen molar-refractivity contribution in [3.8, 4) is 0 Å². The van der Waals surface area contributed by atoms with E-state index in [1.165, 1.54) is 24.1 Å². The van der Waals surface area contributed by atoms with Crippen molar-refractivity contribution in [2.45, 2.75) is 6.54 Å². The average Bonchev–Trinajstić information content (AvgIpc) is 2.37. The van der Waals surface area contributed by atoms with Crippen molar-refractivity contribution >= 4 is 11.9 Å². The molecule has 5 nitrogen and oxygen atoms in total. The third-order valence-electron chi connectivity index (χ3n) is 2.80. The van der Waals surface area contributed by atoms with Crippen molar-refractivity contribution < 1.29 is 18.7 Å². The monoisotopic (exact) mass is 282 g/mol. The van der Waals surface area contributed by atoms with Gasteiger partial charge in [0.15, 0.2) is 0 Å². The zero-order valence-corrected chi connectivity index (χ0v) is 12.1. The maximum Gasteiger partial charge on any atom is 0.340 e. The van der Waals surface area contributed by atoms with Crippen LogP contribution in [0.3, 0.4) is 0 Å². The van der Waals surface area contributed by atoms with Gasteiger partial charge in [0.05, 0.1) is 19.2 Å². The van der Waals surface area contributed by atoms with Crippen molar-refractivity contribution in [2.24, 2.45) is 0 Å². The highest BCUT2D eigenvalue weighted by molar-refractivity contribution is 5.89. The van der Waals surface area contributed by atoms with E-state index in [2.05, 4.69) is 4.74 Å². The summed E-state index contributed by atoms with van der Waals surface area (Å²) in [6.45, 7) is 0.658. The molecule has 0 N–H and O–H groups in total. The number of halogens is 1. The molecule has 0 heterocycles. The van der Waals surface area contributed by atoms with Crippen LogP contribution in [0.15, 0.2) is 18.2 Å². The molecule has 0 fully saturated rings. The quantitative estimate of drug-likeness (QED) is 0.760. The molecule has 6 heteroatoms. The summed E-state index contributed by atoms with van der Waals surface area (Å²) in [4.78, 5) is 26.1. The molecule has 0 saturated carbocycles. The second-order valence-corrected chi connectivity index (χ2v) is 4.77. The zero-order chi connectivity index (χ0) is 15.3. The van der Waals surface area contributed by atoms with Gasteiger partial charge in [-0.3, -0.25) is 9.69 Å². The van der Waals surface area contributed by atoms with Crippen LogP contribution in [0.1, 0.15) is 15.9 Å². The summed E-state index contributed by atoms with van der Waals surface area (Å²) in [5.41, 5.74) is 0.590. The van der Waals surface area contributed by atoms with E-state index in [-0.39, 0.29) is 18.0 Å². The fourth-order valence-electron chi connectivity index (χ4n) is 1.67. The van der Waals surface area contributed by atoms with Crippen molar-refractivity contribution in [1.82, 2.24) is 9.80 Å². The number of nitrogens with zero attached hydrogens (tertiary/aromatic N) is 2. The maximum absolute atomic E-state index is 13.7. The minimum absolute atomic E-state index is 0.0286. The average molecular weight is 282 g/mol. The summed E-state index contributed by atoms with van der Waals surface area (Å²) < 4.78 is 18.2. The second-order valence-electron chi connectivity index (χ2n) is 4.77. The fraction of sp³-hybridized carbons (Fsp3) is 0.429. The molecule has 20 heavy (non-hydrogen) atoms. The molecule has 0 aliphatic heterocycles. The van der Waals surface area contributed by atoms with Crippen LogP contribution in [-0.2, 0) is 16.1 Å². The number of ether oxygens (including phenoxy) is 1. The number of likely N-dealkylation sites (N-methyl/N-ethyl adjacent to an activating group) is 2. The summed E-state index contributed by atoms with van der Waals surface area (Å²) in [6, 6.07) is 4.31. The van der Waals surface area contributed by atoms with Gasteiger partial charge in [-0.05, 0) is 24.7 Å². The lowest BCUT2D eigenvalue weighted by Gasteiger charge is -2.19. The topological polar surface area (TPSA) is 49.9 Å². The Labute approximate surface area is 117 Å². The number of hydrogen-bond donors (Lipinski definition) is 0. The van der Waals surface area contributed by atoms with E-state index in [9.17, 15) is 14.0 Å². The minimum atomic E-state index is -0.704. The lowest BCUT2D eigenvalue weighted by molar-refractivity contribution is -0.129. The van der Waals surface area contributed by atoms with Crippen LogP contribution in [0, 0.1) is 5.82 Å². The SMILES string of the molecule is COC(=O)c1ccc(CN(C)CC(=O)N(C)C)cc1F. The molecule has 0 aliphatic carbocycles. The predicted octanol–water partition coefficient (Wildman–Crippen LogP) is 1.13.